The summed E-state index contributed by atoms with van der Waals surface area (Å²) in [6.45, 7) is 5.70. The van der Waals surface area contributed by atoms with Gasteiger partial charge < -0.3 is 14.8 Å². The monoisotopic (exact) mass is 283 g/mol. The minimum Gasteiger partial charge on any atom is -0.345 e. The zero-order chi connectivity index (χ0) is 13.8. The van der Waals surface area contributed by atoms with E-state index in [-0.39, 0.29) is 5.91 Å². The number of aromatic nitrogens is 1. The first kappa shape index (κ1) is 14.4. The molecule has 1 aromatic heterocycles. The average molecular weight is 284 g/mol. The predicted octanol–water partition coefficient (Wildman–Crippen LogP) is 2.14. The first-order valence-corrected chi connectivity index (χ1v) is 7.31. The quantitative estimate of drug-likeness (QED) is 0.919. The SMILES string of the molecule is CCN(CC1CCCNC1)C(=O)c1cc(Cl)cn1C. The number of carbonyl (C=O) groups is 1. The number of aryl methyl sites for hydroxylation is 1. The third kappa shape index (κ3) is 3.51. The number of halogens is 1. The van der Waals surface area contributed by atoms with Crippen molar-refractivity contribution in [1.29, 1.82) is 0 Å². The lowest BCUT2D eigenvalue weighted by molar-refractivity contribution is 0.0719. The molecule has 19 heavy (non-hydrogen) atoms. The number of amides is 1. The third-order valence-corrected chi connectivity index (χ3v) is 3.94. The van der Waals surface area contributed by atoms with Crippen LogP contribution in [0.25, 0.3) is 0 Å². The molecule has 0 radical (unpaired) electrons. The van der Waals surface area contributed by atoms with Crippen LogP contribution in [0.15, 0.2) is 12.3 Å². The van der Waals surface area contributed by atoms with Crippen molar-refractivity contribution in [3.05, 3.63) is 23.0 Å². The third-order valence-electron chi connectivity index (χ3n) is 3.74. The van der Waals surface area contributed by atoms with Crippen molar-refractivity contribution < 1.29 is 4.79 Å². The second-order valence-corrected chi connectivity index (χ2v) is 5.65. The highest BCUT2D eigenvalue weighted by Gasteiger charge is 2.22. The second-order valence-electron chi connectivity index (χ2n) is 5.21. The highest BCUT2D eigenvalue weighted by molar-refractivity contribution is 6.31. The lowest BCUT2D eigenvalue weighted by atomic mass is 9.99. The van der Waals surface area contributed by atoms with E-state index in [4.69, 9.17) is 11.6 Å². The van der Waals surface area contributed by atoms with E-state index in [0.29, 0.717) is 16.6 Å². The molecule has 0 aromatic carbocycles. The van der Waals surface area contributed by atoms with E-state index in [2.05, 4.69) is 5.32 Å². The summed E-state index contributed by atoms with van der Waals surface area (Å²) in [6.07, 6.45) is 4.17. The molecule has 1 saturated heterocycles. The van der Waals surface area contributed by atoms with Crippen molar-refractivity contribution in [1.82, 2.24) is 14.8 Å². The Morgan fingerprint density at radius 3 is 2.95 bits per heavy atom. The van der Waals surface area contributed by atoms with E-state index in [1.54, 1.807) is 16.8 Å². The fourth-order valence-corrected chi connectivity index (χ4v) is 2.90. The number of nitrogens with one attached hydrogen (secondary N) is 1. The van der Waals surface area contributed by atoms with Gasteiger partial charge in [0.2, 0.25) is 0 Å². The van der Waals surface area contributed by atoms with E-state index in [1.165, 1.54) is 12.8 Å². The summed E-state index contributed by atoms with van der Waals surface area (Å²) in [5.41, 5.74) is 0.663. The van der Waals surface area contributed by atoms with E-state index in [1.807, 2.05) is 18.9 Å². The molecule has 1 atom stereocenters. The van der Waals surface area contributed by atoms with Crippen LogP contribution in [0.3, 0.4) is 0 Å². The molecule has 1 aromatic rings. The molecule has 0 bridgehead atoms. The van der Waals surface area contributed by atoms with Crippen LogP contribution < -0.4 is 5.32 Å². The van der Waals surface area contributed by atoms with Crippen LogP contribution in [0.1, 0.15) is 30.3 Å². The lowest BCUT2D eigenvalue weighted by Crippen LogP contribution is -2.41. The Balaban J connectivity index is 2.04. The van der Waals surface area contributed by atoms with Gasteiger partial charge in [-0.1, -0.05) is 11.6 Å². The lowest BCUT2D eigenvalue weighted by Gasteiger charge is -2.29. The summed E-state index contributed by atoms with van der Waals surface area (Å²) in [6, 6.07) is 1.74. The maximum Gasteiger partial charge on any atom is 0.270 e. The first-order valence-electron chi connectivity index (χ1n) is 6.93. The number of nitrogens with zero attached hydrogens (tertiary/aromatic N) is 2. The van der Waals surface area contributed by atoms with Gasteiger partial charge in [0.1, 0.15) is 5.69 Å². The predicted molar refractivity (Wildman–Crippen MR) is 77.6 cm³/mol. The van der Waals surface area contributed by atoms with Crippen molar-refractivity contribution in [3.8, 4) is 0 Å². The molecule has 1 fully saturated rings. The van der Waals surface area contributed by atoms with Crippen LogP contribution >= 0.6 is 11.6 Å². The largest absolute Gasteiger partial charge is 0.345 e. The summed E-state index contributed by atoms with van der Waals surface area (Å²) in [5.74, 6) is 0.635. The molecule has 2 heterocycles. The summed E-state index contributed by atoms with van der Waals surface area (Å²) in [4.78, 5) is 14.4. The van der Waals surface area contributed by atoms with Crippen LogP contribution in [0.5, 0.6) is 0 Å². The highest BCUT2D eigenvalue weighted by atomic mass is 35.5. The minimum atomic E-state index is 0.0717. The zero-order valence-corrected chi connectivity index (χ0v) is 12.4. The van der Waals surface area contributed by atoms with Crippen LogP contribution in [0.2, 0.25) is 5.02 Å². The van der Waals surface area contributed by atoms with E-state index in [0.717, 1.165) is 26.2 Å². The van der Waals surface area contributed by atoms with Gasteiger partial charge in [0.15, 0.2) is 0 Å². The van der Waals surface area contributed by atoms with E-state index >= 15 is 0 Å². The molecular formula is C14H22ClN3O. The van der Waals surface area contributed by atoms with Crippen molar-refractivity contribution in [2.45, 2.75) is 19.8 Å². The van der Waals surface area contributed by atoms with Gasteiger partial charge in [-0.05, 0) is 44.8 Å². The number of piperidine rings is 1. The number of hydrogen-bond acceptors (Lipinski definition) is 2. The molecule has 1 N–H and O–H groups in total. The number of hydrogen-bond donors (Lipinski definition) is 1. The van der Waals surface area contributed by atoms with Crippen molar-refractivity contribution >= 4 is 17.5 Å². The summed E-state index contributed by atoms with van der Waals surface area (Å²) < 4.78 is 1.80. The highest BCUT2D eigenvalue weighted by Crippen LogP contribution is 2.17. The summed E-state index contributed by atoms with van der Waals surface area (Å²) in [5, 5.41) is 4.01. The maximum absolute atomic E-state index is 12.5. The van der Waals surface area contributed by atoms with Gasteiger partial charge >= 0.3 is 0 Å². The molecule has 1 aliphatic rings. The van der Waals surface area contributed by atoms with Crippen LogP contribution in [-0.4, -0.2) is 41.6 Å². The van der Waals surface area contributed by atoms with Crippen LogP contribution in [0.4, 0.5) is 0 Å². The molecule has 5 heteroatoms. The van der Waals surface area contributed by atoms with Crippen molar-refractivity contribution in [3.63, 3.8) is 0 Å². The molecule has 1 unspecified atom stereocenters. The van der Waals surface area contributed by atoms with E-state index < -0.39 is 0 Å². The topological polar surface area (TPSA) is 37.3 Å². The first-order chi connectivity index (χ1) is 9.11. The van der Waals surface area contributed by atoms with E-state index in [9.17, 15) is 4.79 Å². The van der Waals surface area contributed by atoms with Gasteiger partial charge in [0, 0.05) is 26.3 Å². The number of carbonyl (C=O) groups excluding carboxylic acids is 1. The second kappa shape index (κ2) is 6.44. The fraction of sp³-hybridized carbons (Fsp3) is 0.643. The van der Waals surface area contributed by atoms with Crippen LogP contribution in [-0.2, 0) is 7.05 Å². The molecule has 106 valence electrons. The maximum atomic E-state index is 12.5. The molecular weight excluding hydrogens is 262 g/mol. The molecule has 1 aliphatic heterocycles. The zero-order valence-electron chi connectivity index (χ0n) is 11.7. The van der Waals surface area contributed by atoms with Gasteiger partial charge in [-0.3, -0.25) is 4.79 Å². The average Bonchev–Trinajstić information content (AvgIpc) is 2.75. The Kier molecular flexibility index (Phi) is 4.88. The number of rotatable bonds is 4. The molecule has 0 spiro atoms. The van der Waals surface area contributed by atoms with Crippen molar-refractivity contribution in [2.24, 2.45) is 13.0 Å². The standard InChI is InChI=1S/C14H22ClN3O/c1-3-18(9-11-5-4-6-16-8-11)14(19)13-7-12(15)10-17(13)2/h7,10-11,16H,3-6,8-9H2,1-2H3. The van der Waals surface area contributed by atoms with Crippen LogP contribution in [0, 0.1) is 5.92 Å². The van der Waals surface area contributed by atoms with Gasteiger partial charge in [0.05, 0.1) is 5.02 Å². The van der Waals surface area contributed by atoms with Gasteiger partial charge in [0.25, 0.3) is 5.91 Å². The normalized spacial score (nSPS) is 19.4. The molecule has 2 rings (SSSR count). The Hall–Kier alpha value is -1.00. The van der Waals surface area contributed by atoms with Gasteiger partial charge in [-0.15, -0.1) is 0 Å². The van der Waals surface area contributed by atoms with Crippen molar-refractivity contribution in [2.75, 3.05) is 26.2 Å². The Morgan fingerprint density at radius 1 is 1.63 bits per heavy atom. The Morgan fingerprint density at radius 2 is 2.42 bits per heavy atom. The molecule has 0 aliphatic carbocycles. The Bertz CT molecular complexity index is 438. The Labute approximate surface area is 119 Å². The fourth-order valence-electron chi connectivity index (χ4n) is 2.65. The smallest absolute Gasteiger partial charge is 0.270 e. The summed E-state index contributed by atoms with van der Waals surface area (Å²) in [7, 11) is 1.86. The van der Waals surface area contributed by atoms with Gasteiger partial charge in [-0.2, -0.15) is 0 Å². The minimum absolute atomic E-state index is 0.0717. The molecule has 0 saturated carbocycles. The summed E-state index contributed by atoms with van der Waals surface area (Å²) >= 11 is 5.95. The van der Waals surface area contributed by atoms with Gasteiger partial charge in [-0.25, -0.2) is 0 Å². The molecule has 1 amide bonds. The molecule has 4 nitrogen and oxygen atoms in total.